The van der Waals surface area contributed by atoms with E-state index in [1.807, 2.05) is 24.3 Å². The Hall–Kier alpha value is -1.75. The molecule has 4 nitrogen and oxygen atoms in total. The maximum atomic E-state index is 12.1. The van der Waals surface area contributed by atoms with E-state index in [1.54, 1.807) is 4.90 Å². The van der Waals surface area contributed by atoms with E-state index >= 15 is 0 Å². The van der Waals surface area contributed by atoms with E-state index in [-0.39, 0.29) is 11.8 Å². The Balaban J connectivity index is 2.12. The Bertz CT molecular complexity index is 671. The molecule has 3 rings (SSSR count). The standard InChI is InChI=1S/C14H12BrN3O/c1-2-9-5-13(19)18(7-9)14-11-6-10(15)3-4-12(11)16-8-17-14/h2-4,6,8-9H,1,5,7H2. The highest BCUT2D eigenvalue weighted by Gasteiger charge is 2.30. The molecular weight excluding hydrogens is 306 g/mol. The average Bonchev–Trinajstić information content (AvgIpc) is 2.79. The third-order valence-corrected chi connectivity index (χ3v) is 3.81. The zero-order chi connectivity index (χ0) is 13.4. The van der Waals surface area contributed by atoms with Gasteiger partial charge in [0.2, 0.25) is 5.91 Å². The summed E-state index contributed by atoms with van der Waals surface area (Å²) in [6, 6.07) is 5.78. The van der Waals surface area contributed by atoms with Crippen LogP contribution in [0.2, 0.25) is 0 Å². The van der Waals surface area contributed by atoms with Gasteiger partial charge in [-0.15, -0.1) is 6.58 Å². The minimum absolute atomic E-state index is 0.0878. The summed E-state index contributed by atoms with van der Waals surface area (Å²) in [5.74, 6) is 0.968. The van der Waals surface area contributed by atoms with Crippen molar-refractivity contribution >= 4 is 38.6 Å². The number of fused-ring (bicyclic) bond motifs is 1. The van der Waals surface area contributed by atoms with Gasteiger partial charge in [0.05, 0.1) is 5.52 Å². The van der Waals surface area contributed by atoms with E-state index in [0.717, 1.165) is 15.4 Å². The van der Waals surface area contributed by atoms with Crippen LogP contribution in [0.15, 0.2) is 41.7 Å². The van der Waals surface area contributed by atoms with Crippen molar-refractivity contribution in [3.63, 3.8) is 0 Å². The Kier molecular flexibility index (Phi) is 3.06. The van der Waals surface area contributed by atoms with Crippen LogP contribution in [0.4, 0.5) is 5.82 Å². The van der Waals surface area contributed by atoms with Gasteiger partial charge in [-0.25, -0.2) is 9.97 Å². The maximum absolute atomic E-state index is 12.1. The number of benzene rings is 1. The Morgan fingerprint density at radius 1 is 1.42 bits per heavy atom. The summed E-state index contributed by atoms with van der Waals surface area (Å²) in [5.41, 5.74) is 0.836. The Morgan fingerprint density at radius 2 is 2.26 bits per heavy atom. The average molecular weight is 318 g/mol. The van der Waals surface area contributed by atoms with Crippen LogP contribution < -0.4 is 4.90 Å². The molecule has 0 N–H and O–H groups in total. The van der Waals surface area contributed by atoms with Crippen LogP contribution in [0.3, 0.4) is 0 Å². The zero-order valence-electron chi connectivity index (χ0n) is 10.2. The number of anilines is 1. The van der Waals surface area contributed by atoms with Crippen molar-refractivity contribution in [2.75, 3.05) is 11.4 Å². The molecule has 0 aliphatic carbocycles. The monoisotopic (exact) mass is 317 g/mol. The van der Waals surface area contributed by atoms with E-state index in [9.17, 15) is 4.79 Å². The molecule has 5 heteroatoms. The molecule has 2 aromatic rings. The van der Waals surface area contributed by atoms with Crippen LogP contribution in [-0.4, -0.2) is 22.4 Å². The molecule has 0 saturated carbocycles. The third-order valence-electron chi connectivity index (χ3n) is 3.32. The van der Waals surface area contributed by atoms with Crippen molar-refractivity contribution in [3.05, 3.63) is 41.7 Å². The summed E-state index contributed by atoms with van der Waals surface area (Å²) in [5, 5.41) is 0.884. The number of hydrogen-bond acceptors (Lipinski definition) is 3. The van der Waals surface area contributed by atoms with Crippen molar-refractivity contribution in [2.24, 2.45) is 5.92 Å². The molecule has 1 aliphatic rings. The van der Waals surface area contributed by atoms with E-state index in [2.05, 4.69) is 32.5 Å². The SMILES string of the molecule is C=CC1CC(=O)N(c2ncnc3ccc(Br)cc23)C1. The first-order valence-corrected chi connectivity index (χ1v) is 6.81. The molecule has 1 unspecified atom stereocenters. The molecule has 1 aromatic carbocycles. The normalized spacial score (nSPS) is 19.1. The van der Waals surface area contributed by atoms with Gasteiger partial charge < -0.3 is 0 Å². The molecule has 1 aromatic heterocycles. The molecule has 19 heavy (non-hydrogen) atoms. The van der Waals surface area contributed by atoms with E-state index < -0.39 is 0 Å². The van der Waals surface area contributed by atoms with Gasteiger partial charge in [-0.1, -0.05) is 22.0 Å². The molecule has 1 saturated heterocycles. The zero-order valence-corrected chi connectivity index (χ0v) is 11.8. The molecule has 2 heterocycles. The van der Waals surface area contributed by atoms with Gasteiger partial charge in [0.15, 0.2) is 0 Å². The van der Waals surface area contributed by atoms with E-state index in [1.165, 1.54) is 6.33 Å². The highest BCUT2D eigenvalue weighted by molar-refractivity contribution is 9.10. The second kappa shape index (κ2) is 4.74. The van der Waals surface area contributed by atoms with E-state index in [0.29, 0.717) is 18.8 Å². The summed E-state index contributed by atoms with van der Waals surface area (Å²) < 4.78 is 0.947. The molecule has 1 aliphatic heterocycles. The van der Waals surface area contributed by atoms with Crippen molar-refractivity contribution in [1.29, 1.82) is 0 Å². The quantitative estimate of drug-likeness (QED) is 0.800. The molecule has 0 spiro atoms. The van der Waals surface area contributed by atoms with Gasteiger partial charge in [-0.2, -0.15) is 0 Å². The minimum atomic E-state index is 0.0878. The number of rotatable bonds is 2. The molecule has 0 bridgehead atoms. The van der Waals surface area contributed by atoms with Crippen molar-refractivity contribution in [3.8, 4) is 0 Å². The lowest BCUT2D eigenvalue weighted by Gasteiger charge is -2.16. The first-order chi connectivity index (χ1) is 9.19. The van der Waals surface area contributed by atoms with Crippen LogP contribution >= 0.6 is 15.9 Å². The minimum Gasteiger partial charge on any atom is -0.296 e. The van der Waals surface area contributed by atoms with Crippen LogP contribution in [0.5, 0.6) is 0 Å². The van der Waals surface area contributed by atoms with Crippen LogP contribution in [0, 0.1) is 5.92 Å². The van der Waals surface area contributed by atoms with Crippen LogP contribution in [0.25, 0.3) is 10.9 Å². The number of carbonyl (C=O) groups excluding carboxylic acids is 1. The van der Waals surface area contributed by atoms with Gasteiger partial charge in [0, 0.05) is 28.7 Å². The van der Waals surface area contributed by atoms with Crippen molar-refractivity contribution < 1.29 is 4.79 Å². The summed E-state index contributed by atoms with van der Waals surface area (Å²) >= 11 is 3.44. The number of carbonyl (C=O) groups is 1. The highest BCUT2D eigenvalue weighted by atomic mass is 79.9. The number of amides is 1. The van der Waals surface area contributed by atoms with Gasteiger partial charge in [-0.05, 0) is 18.2 Å². The molecule has 1 atom stereocenters. The molecule has 1 amide bonds. The fourth-order valence-corrected chi connectivity index (χ4v) is 2.69. The lowest BCUT2D eigenvalue weighted by Crippen LogP contribution is -2.25. The smallest absolute Gasteiger partial charge is 0.228 e. The van der Waals surface area contributed by atoms with Gasteiger partial charge in [-0.3, -0.25) is 9.69 Å². The summed E-state index contributed by atoms with van der Waals surface area (Å²) in [6.45, 7) is 4.40. The topological polar surface area (TPSA) is 46.1 Å². The van der Waals surface area contributed by atoms with Gasteiger partial charge >= 0.3 is 0 Å². The molecule has 1 fully saturated rings. The molecule has 96 valence electrons. The first kappa shape index (κ1) is 12.3. The van der Waals surface area contributed by atoms with Gasteiger partial charge in [0.1, 0.15) is 12.1 Å². The van der Waals surface area contributed by atoms with Gasteiger partial charge in [0.25, 0.3) is 0 Å². The van der Waals surface area contributed by atoms with Crippen LogP contribution in [0.1, 0.15) is 6.42 Å². The fraction of sp³-hybridized carbons (Fsp3) is 0.214. The number of aromatic nitrogens is 2. The maximum Gasteiger partial charge on any atom is 0.228 e. The Labute approximate surface area is 119 Å². The van der Waals surface area contributed by atoms with E-state index in [4.69, 9.17) is 0 Å². The molecular formula is C14H12BrN3O. The Morgan fingerprint density at radius 3 is 3.00 bits per heavy atom. The third kappa shape index (κ3) is 2.14. The predicted octanol–water partition coefficient (Wildman–Crippen LogP) is 2.93. The summed E-state index contributed by atoms with van der Waals surface area (Å²) in [4.78, 5) is 22.3. The van der Waals surface area contributed by atoms with Crippen molar-refractivity contribution in [1.82, 2.24) is 9.97 Å². The fourth-order valence-electron chi connectivity index (χ4n) is 2.33. The number of nitrogens with zero attached hydrogens (tertiary/aromatic N) is 3. The second-order valence-electron chi connectivity index (χ2n) is 4.56. The lowest BCUT2D eigenvalue weighted by molar-refractivity contribution is -0.117. The molecule has 0 radical (unpaired) electrons. The first-order valence-electron chi connectivity index (χ1n) is 6.02. The number of hydrogen-bond donors (Lipinski definition) is 0. The van der Waals surface area contributed by atoms with Crippen LogP contribution in [-0.2, 0) is 4.79 Å². The highest BCUT2D eigenvalue weighted by Crippen LogP contribution is 2.30. The van der Waals surface area contributed by atoms with Crippen molar-refractivity contribution in [2.45, 2.75) is 6.42 Å². The lowest BCUT2D eigenvalue weighted by atomic mass is 10.1. The number of halogens is 1. The summed E-state index contributed by atoms with van der Waals surface area (Å²) in [7, 11) is 0. The predicted molar refractivity (Wildman–Crippen MR) is 77.9 cm³/mol. The second-order valence-corrected chi connectivity index (χ2v) is 5.48. The summed E-state index contributed by atoms with van der Waals surface area (Å²) in [6.07, 6.45) is 3.83. The largest absolute Gasteiger partial charge is 0.296 e.